The van der Waals surface area contributed by atoms with Crippen molar-refractivity contribution in [3.8, 4) is 0 Å². The molecule has 0 saturated heterocycles. The monoisotopic (exact) mass is 362 g/mol. The molecule has 0 bridgehead atoms. The number of rotatable bonds is 4. The number of amides is 3. The third-order valence-corrected chi connectivity index (χ3v) is 4.21. The molecule has 122 valence electrons. The maximum atomic E-state index is 12.3. The van der Waals surface area contributed by atoms with Gasteiger partial charge in [-0.2, -0.15) is 0 Å². The number of nitrogens with one attached hydrogen (secondary N) is 1. The van der Waals surface area contributed by atoms with E-state index in [-0.39, 0.29) is 35.1 Å². The van der Waals surface area contributed by atoms with E-state index in [4.69, 9.17) is 23.2 Å². The zero-order valence-electron chi connectivity index (χ0n) is 12.4. The van der Waals surface area contributed by atoms with Crippen molar-refractivity contribution in [2.75, 3.05) is 13.1 Å². The first-order chi connectivity index (χ1) is 11.5. The molecule has 2 aromatic carbocycles. The van der Waals surface area contributed by atoms with Gasteiger partial charge in [0.1, 0.15) is 0 Å². The first kappa shape index (κ1) is 16.5. The highest BCUT2D eigenvalue weighted by atomic mass is 35.5. The van der Waals surface area contributed by atoms with Crippen LogP contribution < -0.4 is 5.32 Å². The van der Waals surface area contributed by atoms with Gasteiger partial charge in [0.25, 0.3) is 17.7 Å². The largest absolute Gasteiger partial charge is 0.350 e. The molecule has 1 aliphatic heterocycles. The van der Waals surface area contributed by atoms with Gasteiger partial charge in [-0.15, -0.1) is 0 Å². The van der Waals surface area contributed by atoms with Crippen LogP contribution in [0, 0.1) is 0 Å². The summed E-state index contributed by atoms with van der Waals surface area (Å²) in [5.41, 5.74) is 0.909. The standard InChI is InChI=1S/C17H12Cl2N2O3/c18-11-4-1-3-10(9-11)15(22)20-7-8-21-16(23)12-5-2-6-13(19)14(12)17(21)24/h1-6,9H,7-8H2,(H,20,22). The lowest BCUT2D eigenvalue weighted by molar-refractivity contribution is 0.0650. The van der Waals surface area contributed by atoms with Crippen LogP contribution in [0.4, 0.5) is 0 Å². The molecule has 0 aromatic heterocycles. The summed E-state index contributed by atoms with van der Waals surface area (Å²) in [7, 11) is 0. The predicted molar refractivity (Wildman–Crippen MR) is 90.6 cm³/mol. The van der Waals surface area contributed by atoms with Gasteiger partial charge in [0, 0.05) is 23.7 Å². The van der Waals surface area contributed by atoms with Crippen molar-refractivity contribution in [1.29, 1.82) is 0 Å². The summed E-state index contributed by atoms with van der Waals surface area (Å²) in [6.07, 6.45) is 0. The van der Waals surface area contributed by atoms with Crippen molar-refractivity contribution in [3.63, 3.8) is 0 Å². The topological polar surface area (TPSA) is 66.5 Å². The molecule has 2 aromatic rings. The first-order valence-electron chi connectivity index (χ1n) is 7.17. The smallest absolute Gasteiger partial charge is 0.263 e. The summed E-state index contributed by atoms with van der Waals surface area (Å²) < 4.78 is 0. The van der Waals surface area contributed by atoms with Crippen LogP contribution in [0.15, 0.2) is 42.5 Å². The van der Waals surface area contributed by atoms with E-state index >= 15 is 0 Å². The molecule has 0 unspecified atom stereocenters. The van der Waals surface area contributed by atoms with Crippen molar-refractivity contribution in [3.05, 3.63) is 69.2 Å². The molecule has 0 spiro atoms. The van der Waals surface area contributed by atoms with Gasteiger partial charge in [-0.05, 0) is 30.3 Å². The van der Waals surface area contributed by atoms with E-state index in [2.05, 4.69) is 5.32 Å². The number of carbonyl (C=O) groups is 3. The molecule has 0 radical (unpaired) electrons. The van der Waals surface area contributed by atoms with Gasteiger partial charge in [0.05, 0.1) is 16.1 Å². The minimum atomic E-state index is -0.447. The Labute approximate surface area is 148 Å². The normalized spacial score (nSPS) is 13.2. The van der Waals surface area contributed by atoms with Crippen molar-refractivity contribution in [2.45, 2.75) is 0 Å². The average molecular weight is 363 g/mol. The zero-order valence-corrected chi connectivity index (χ0v) is 13.9. The Bertz CT molecular complexity index is 851. The third kappa shape index (κ3) is 3.00. The molecule has 3 rings (SSSR count). The molecule has 0 fully saturated rings. The quantitative estimate of drug-likeness (QED) is 0.850. The molecule has 24 heavy (non-hydrogen) atoms. The van der Waals surface area contributed by atoms with E-state index in [1.54, 1.807) is 42.5 Å². The number of imide groups is 1. The summed E-state index contributed by atoms with van der Waals surface area (Å²) in [4.78, 5) is 37.7. The molecule has 1 aliphatic rings. The maximum absolute atomic E-state index is 12.3. The minimum Gasteiger partial charge on any atom is -0.350 e. The molecule has 3 amide bonds. The van der Waals surface area contributed by atoms with Crippen LogP contribution in [-0.4, -0.2) is 35.7 Å². The van der Waals surface area contributed by atoms with Crippen LogP contribution in [0.25, 0.3) is 0 Å². The molecule has 1 heterocycles. The zero-order chi connectivity index (χ0) is 17.3. The lowest BCUT2D eigenvalue weighted by Crippen LogP contribution is -2.38. The van der Waals surface area contributed by atoms with Crippen LogP contribution >= 0.6 is 23.2 Å². The molecular weight excluding hydrogens is 351 g/mol. The van der Waals surface area contributed by atoms with Crippen molar-refractivity contribution < 1.29 is 14.4 Å². The summed E-state index contributed by atoms with van der Waals surface area (Å²) in [6.45, 7) is 0.198. The van der Waals surface area contributed by atoms with E-state index < -0.39 is 11.8 Å². The second-order valence-electron chi connectivity index (χ2n) is 5.19. The van der Waals surface area contributed by atoms with Crippen LogP contribution in [0.1, 0.15) is 31.1 Å². The van der Waals surface area contributed by atoms with E-state index in [0.717, 1.165) is 4.90 Å². The fourth-order valence-corrected chi connectivity index (χ4v) is 2.95. The highest BCUT2D eigenvalue weighted by Crippen LogP contribution is 2.28. The lowest BCUT2D eigenvalue weighted by Gasteiger charge is -2.14. The van der Waals surface area contributed by atoms with Gasteiger partial charge in [-0.3, -0.25) is 19.3 Å². The van der Waals surface area contributed by atoms with Crippen LogP contribution in [0.2, 0.25) is 10.0 Å². The number of hydrogen-bond acceptors (Lipinski definition) is 3. The van der Waals surface area contributed by atoms with E-state index in [9.17, 15) is 14.4 Å². The second kappa shape index (κ2) is 6.63. The Morgan fingerprint density at radius 2 is 1.79 bits per heavy atom. The fraction of sp³-hybridized carbons (Fsp3) is 0.118. The van der Waals surface area contributed by atoms with Crippen molar-refractivity contribution in [2.24, 2.45) is 0 Å². The molecule has 5 nitrogen and oxygen atoms in total. The Morgan fingerprint density at radius 3 is 2.50 bits per heavy atom. The number of nitrogens with zero attached hydrogens (tertiary/aromatic N) is 1. The van der Waals surface area contributed by atoms with Crippen LogP contribution in [0.3, 0.4) is 0 Å². The van der Waals surface area contributed by atoms with Gasteiger partial charge in [-0.1, -0.05) is 35.3 Å². The Hall–Kier alpha value is -2.37. The van der Waals surface area contributed by atoms with Crippen molar-refractivity contribution >= 4 is 40.9 Å². The fourth-order valence-electron chi connectivity index (χ4n) is 2.51. The van der Waals surface area contributed by atoms with Crippen molar-refractivity contribution in [1.82, 2.24) is 10.2 Å². The number of fused-ring (bicyclic) bond motifs is 1. The lowest BCUT2D eigenvalue weighted by atomic mass is 10.1. The first-order valence-corrected chi connectivity index (χ1v) is 7.93. The van der Waals surface area contributed by atoms with Gasteiger partial charge in [0.2, 0.25) is 0 Å². The number of hydrogen-bond donors (Lipinski definition) is 1. The molecule has 7 heteroatoms. The van der Waals surface area contributed by atoms with Crippen LogP contribution in [0.5, 0.6) is 0 Å². The Morgan fingerprint density at radius 1 is 1.04 bits per heavy atom. The van der Waals surface area contributed by atoms with E-state index in [0.29, 0.717) is 10.6 Å². The SMILES string of the molecule is O=C(NCCN1C(=O)c2cccc(Cl)c2C1=O)c1cccc(Cl)c1. The van der Waals surface area contributed by atoms with E-state index in [1.165, 1.54) is 0 Å². The van der Waals surface area contributed by atoms with Gasteiger partial charge < -0.3 is 5.32 Å². The Kier molecular flexibility index (Phi) is 4.55. The Balaban J connectivity index is 1.64. The summed E-state index contributed by atoms with van der Waals surface area (Å²) in [6, 6.07) is 11.3. The second-order valence-corrected chi connectivity index (χ2v) is 6.03. The maximum Gasteiger partial charge on any atom is 0.263 e. The van der Waals surface area contributed by atoms with Gasteiger partial charge in [-0.25, -0.2) is 0 Å². The van der Waals surface area contributed by atoms with E-state index in [1.807, 2.05) is 0 Å². The molecule has 0 atom stereocenters. The molecule has 0 aliphatic carbocycles. The molecule has 1 N–H and O–H groups in total. The molecule has 0 saturated carbocycles. The predicted octanol–water partition coefficient (Wildman–Crippen LogP) is 3.02. The number of benzene rings is 2. The average Bonchev–Trinajstić information content (AvgIpc) is 2.80. The number of carbonyl (C=O) groups excluding carboxylic acids is 3. The summed E-state index contributed by atoms with van der Waals surface area (Å²) in [5.74, 6) is -1.18. The highest BCUT2D eigenvalue weighted by molar-refractivity contribution is 6.37. The van der Waals surface area contributed by atoms with Gasteiger partial charge >= 0.3 is 0 Å². The number of halogens is 2. The summed E-state index contributed by atoms with van der Waals surface area (Å²) in [5, 5.41) is 3.36. The molecular formula is C17H12Cl2N2O3. The highest BCUT2D eigenvalue weighted by Gasteiger charge is 2.36. The minimum absolute atomic E-state index is 0.0645. The van der Waals surface area contributed by atoms with Crippen LogP contribution in [-0.2, 0) is 0 Å². The summed E-state index contributed by atoms with van der Waals surface area (Å²) >= 11 is 11.8. The third-order valence-electron chi connectivity index (χ3n) is 3.66. The van der Waals surface area contributed by atoms with Gasteiger partial charge in [0.15, 0.2) is 0 Å².